The molecule has 0 amide bonds. The van der Waals surface area contributed by atoms with E-state index in [1.165, 1.54) is 141 Å². The molecule has 0 aromatic heterocycles. The molecule has 0 bridgehead atoms. The minimum Gasteiger partial charge on any atom is -0.457 e. The Kier molecular flexibility index (Phi) is 38.6. The second kappa shape index (κ2) is 39.8. The summed E-state index contributed by atoms with van der Waals surface area (Å²) in [6.45, 7) is 5.31. The zero-order valence-corrected chi connectivity index (χ0v) is 30.8. The number of carbonyl (C=O) groups excluding carboxylic acids is 1. The number of aliphatic hydroxyl groups is 1. The molecule has 1 atom stereocenters. The third-order valence-electron chi connectivity index (χ3n) is 8.69. The lowest BCUT2D eigenvalue weighted by molar-refractivity contribution is -0.154. The highest BCUT2D eigenvalue weighted by atomic mass is 16.6. The average Bonchev–Trinajstić information content (AvgIpc) is 3.06. The zero-order valence-electron chi connectivity index (χ0n) is 30.8. The number of allylic oxidation sites excluding steroid dienone is 6. The van der Waals surface area contributed by atoms with Crippen molar-refractivity contribution in [2.24, 2.45) is 0 Å². The molecule has 46 heavy (non-hydrogen) atoms. The molecule has 0 aromatic carbocycles. The molecule has 1 unspecified atom stereocenters. The van der Waals surface area contributed by atoms with Crippen LogP contribution in [0.5, 0.6) is 0 Å². The van der Waals surface area contributed by atoms with Crippen molar-refractivity contribution in [3.63, 3.8) is 0 Å². The topological polar surface area (TPSA) is 55.8 Å². The van der Waals surface area contributed by atoms with Gasteiger partial charge in [0.05, 0.1) is 13.2 Å². The Bertz CT molecular complexity index is 683. The molecular formula is C42H78O4. The quantitative estimate of drug-likeness (QED) is 0.0414. The number of aliphatic hydroxyl groups excluding tert-OH is 1. The van der Waals surface area contributed by atoms with E-state index in [2.05, 4.69) is 50.3 Å². The predicted molar refractivity (Wildman–Crippen MR) is 200 cm³/mol. The van der Waals surface area contributed by atoms with Crippen LogP contribution >= 0.6 is 0 Å². The van der Waals surface area contributed by atoms with Crippen molar-refractivity contribution in [3.8, 4) is 0 Å². The summed E-state index contributed by atoms with van der Waals surface area (Å²) in [6.07, 6.45) is 49.0. The molecule has 0 fully saturated rings. The molecule has 0 rings (SSSR count). The van der Waals surface area contributed by atoms with Crippen molar-refractivity contribution in [3.05, 3.63) is 36.5 Å². The van der Waals surface area contributed by atoms with Gasteiger partial charge in [-0.05, 0) is 70.6 Å². The summed E-state index contributed by atoms with van der Waals surface area (Å²) in [6, 6.07) is 0. The third kappa shape index (κ3) is 37.1. The first-order valence-corrected chi connectivity index (χ1v) is 20.1. The van der Waals surface area contributed by atoms with E-state index in [0.717, 1.165) is 38.5 Å². The van der Waals surface area contributed by atoms with Gasteiger partial charge in [0.1, 0.15) is 6.10 Å². The first-order valence-electron chi connectivity index (χ1n) is 20.1. The maximum atomic E-state index is 12.2. The Balaban J connectivity index is 3.46. The number of ether oxygens (including phenoxy) is 2. The molecule has 4 nitrogen and oxygen atoms in total. The molecule has 0 aromatic rings. The van der Waals surface area contributed by atoms with Crippen molar-refractivity contribution in [2.45, 2.75) is 206 Å². The molecule has 270 valence electrons. The molecule has 0 aliphatic heterocycles. The van der Waals surface area contributed by atoms with Gasteiger partial charge in [-0.15, -0.1) is 0 Å². The van der Waals surface area contributed by atoms with E-state index in [1.54, 1.807) is 0 Å². The molecule has 0 radical (unpaired) electrons. The van der Waals surface area contributed by atoms with Crippen LogP contribution in [0.1, 0.15) is 200 Å². The molecule has 0 spiro atoms. The molecular weight excluding hydrogens is 568 g/mol. The van der Waals surface area contributed by atoms with Gasteiger partial charge < -0.3 is 14.6 Å². The Morgan fingerprint density at radius 3 is 1.39 bits per heavy atom. The van der Waals surface area contributed by atoms with Gasteiger partial charge in [-0.2, -0.15) is 0 Å². The van der Waals surface area contributed by atoms with Crippen LogP contribution in [0.25, 0.3) is 0 Å². The van der Waals surface area contributed by atoms with Crippen LogP contribution in [-0.4, -0.2) is 37.0 Å². The normalized spacial score (nSPS) is 12.7. The largest absolute Gasteiger partial charge is 0.457 e. The fourth-order valence-corrected chi connectivity index (χ4v) is 5.65. The average molecular weight is 647 g/mol. The van der Waals surface area contributed by atoms with E-state index < -0.39 is 6.10 Å². The van der Waals surface area contributed by atoms with Gasteiger partial charge in [0.15, 0.2) is 0 Å². The van der Waals surface area contributed by atoms with Crippen LogP contribution in [0.4, 0.5) is 0 Å². The second-order valence-electron chi connectivity index (χ2n) is 13.3. The van der Waals surface area contributed by atoms with Crippen LogP contribution in [0.3, 0.4) is 0 Å². The second-order valence-corrected chi connectivity index (χ2v) is 13.3. The standard InChI is InChI=1S/C42H78O4/c1-3-5-7-9-11-13-15-17-19-21-22-24-26-28-30-32-34-36-38-45-40-41(39-43)46-42(44)37-35-33-31-29-27-25-23-20-18-16-14-12-10-8-6-4-2/h14,16-17,19-20,23,41,43H,3-13,15,18,21-22,24-40H2,1-2H3/b16-14-,19-17-,23-20-. The molecule has 0 saturated carbocycles. The first-order chi connectivity index (χ1) is 22.7. The van der Waals surface area contributed by atoms with E-state index in [9.17, 15) is 9.90 Å². The van der Waals surface area contributed by atoms with E-state index >= 15 is 0 Å². The summed E-state index contributed by atoms with van der Waals surface area (Å²) in [5.41, 5.74) is 0. The van der Waals surface area contributed by atoms with Gasteiger partial charge in [-0.25, -0.2) is 0 Å². The number of esters is 1. The molecule has 4 heteroatoms. The van der Waals surface area contributed by atoms with Crippen molar-refractivity contribution in [1.29, 1.82) is 0 Å². The Morgan fingerprint density at radius 2 is 0.913 bits per heavy atom. The van der Waals surface area contributed by atoms with Crippen LogP contribution < -0.4 is 0 Å². The van der Waals surface area contributed by atoms with Crippen LogP contribution in [0.15, 0.2) is 36.5 Å². The van der Waals surface area contributed by atoms with Crippen molar-refractivity contribution < 1.29 is 19.4 Å². The fourth-order valence-electron chi connectivity index (χ4n) is 5.65. The van der Waals surface area contributed by atoms with Gasteiger partial charge in [0.2, 0.25) is 0 Å². The number of hydrogen-bond donors (Lipinski definition) is 1. The van der Waals surface area contributed by atoms with Gasteiger partial charge in [0.25, 0.3) is 0 Å². The summed E-state index contributed by atoms with van der Waals surface area (Å²) in [4.78, 5) is 12.2. The summed E-state index contributed by atoms with van der Waals surface area (Å²) in [5.74, 6) is -0.215. The Morgan fingerprint density at radius 1 is 0.522 bits per heavy atom. The van der Waals surface area contributed by atoms with Crippen LogP contribution in [0.2, 0.25) is 0 Å². The molecule has 0 aliphatic rings. The van der Waals surface area contributed by atoms with Crippen molar-refractivity contribution in [2.75, 3.05) is 19.8 Å². The van der Waals surface area contributed by atoms with E-state index in [1.807, 2.05) is 0 Å². The maximum absolute atomic E-state index is 12.2. The predicted octanol–water partition coefficient (Wildman–Crippen LogP) is 12.9. The van der Waals surface area contributed by atoms with Gasteiger partial charge in [-0.1, -0.05) is 159 Å². The van der Waals surface area contributed by atoms with Gasteiger partial charge in [-0.3, -0.25) is 4.79 Å². The minimum absolute atomic E-state index is 0.178. The van der Waals surface area contributed by atoms with E-state index in [0.29, 0.717) is 13.0 Å². The van der Waals surface area contributed by atoms with Gasteiger partial charge >= 0.3 is 5.97 Å². The zero-order chi connectivity index (χ0) is 33.4. The Labute approximate surface area is 287 Å². The lowest BCUT2D eigenvalue weighted by Crippen LogP contribution is -2.27. The summed E-state index contributed by atoms with van der Waals surface area (Å²) in [5, 5.41) is 9.58. The highest BCUT2D eigenvalue weighted by molar-refractivity contribution is 5.69. The van der Waals surface area contributed by atoms with E-state index in [-0.39, 0.29) is 19.2 Å². The summed E-state index contributed by atoms with van der Waals surface area (Å²) < 4.78 is 11.1. The van der Waals surface area contributed by atoms with E-state index in [4.69, 9.17) is 9.47 Å². The smallest absolute Gasteiger partial charge is 0.306 e. The summed E-state index contributed by atoms with van der Waals surface area (Å²) >= 11 is 0. The molecule has 1 N–H and O–H groups in total. The molecule has 0 aliphatic carbocycles. The molecule has 0 heterocycles. The summed E-state index contributed by atoms with van der Waals surface area (Å²) in [7, 11) is 0. The highest BCUT2D eigenvalue weighted by Gasteiger charge is 2.13. The first kappa shape index (κ1) is 44.6. The van der Waals surface area contributed by atoms with Crippen LogP contribution in [-0.2, 0) is 14.3 Å². The number of carbonyl (C=O) groups is 1. The molecule has 0 saturated heterocycles. The maximum Gasteiger partial charge on any atom is 0.306 e. The monoisotopic (exact) mass is 647 g/mol. The third-order valence-corrected chi connectivity index (χ3v) is 8.69. The SMILES string of the molecule is CCCCCC/C=C\C/C=C\CCCCCCCC(=O)OC(CO)COCCCCCCCCCC/C=C\CCCCCCCC. The lowest BCUT2D eigenvalue weighted by atomic mass is 10.1. The number of hydrogen-bond acceptors (Lipinski definition) is 4. The van der Waals surface area contributed by atoms with Crippen LogP contribution in [0, 0.1) is 0 Å². The van der Waals surface area contributed by atoms with Gasteiger partial charge in [0, 0.05) is 13.0 Å². The highest BCUT2D eigenvalue weighted by Crippen LogP contribution is 2.12. The Hall–Kier alpha value is -1.39. The number of unbranched alkanes of at least 4 members (excludes halogenated alkanes) is 23. The lowest BCUT2D eigenvalue weighted by Gasteiger charge is -2.15. The van der Waals surface area contributed by atoms with Crippen molar-refractivity contribution in [1.82, 2.24) is 0 Å². The minimum atomic E-state index is -0.541. The fraction of sp³-hybridized carbons (Fsp3) is 0.833. The van der Waals surface area contributed by atoms with Crippen molar-refractivity contribution >= 4 is 5.97 Å². The number of rotatable bonds is 37.